The molecule has 1 heterocycles. The molecule has 1 aliphatic rings. The molecular formula is C18H30N2O2. The third-order valence-corrected chi connectivity index (χ3v) is 4.40. The predicted molar refractivity (Wildman–Crippen MR) is 90.3 cm³/mol. The molecule has 1 atom stereocenters. The number of hydrogen-bond donors (Lipinski definition) is 1. The molecule has 1 N–H and O–H groups in total. The first-order chi connectivity index (χ1) is 10.7. The van der Waals surface area contributed by atoms with Crippen LogP contribution in [0, 0.1) is 0 Å². The van der Waals surface area contributed by atoms with E-state index in [1.807, 2.05) is 30.3 Å². The summed E-state index contributed by atoms with van der Waals surface area (Å²) in [5.41, 5.74) is 0. The molecule has 1 aromatic carbocycles. The summed E-state index contributed by atoms with van der Waals surface area (Å²) in [6, 6.07) is 10.3. The normalized spacial score (nSPS) is 18.5. The highest BCUT2D eigenvalue weighted by Gasteiger charge is 2.23. The van der Waals surface area contributed by atoms with E-state index in [2.05, 4.69) is 23.8 Å². The highest BCUT2D eigenvalue weighted by Crippen LogP contribution is 2.16. The van der Waals surface area contributed by atoms with Gasteiger partial charge in [-0.3, -0.25) is 0 Å². The molecule has 2 rings (SSSR count). The number of benzene rings is 1. The van der Waals surface area contributed by atoms with E-state index in [4.69, 9.17) is 4.74 Å². The van der Waals surface area contributed by atoms with Crippen LogP contribution in [0.2, 0.25) is 0 Å². The number of piperidine rings is 1. The summed E-state index contributed by atoms with van der Waals surface area (Å²) in [6.45, 7) is 6.83. The van der Waals surface area contributed by atoms with E-state index in [0.29, 0.717) is 19.2 Å². The second kappa shape index (κ2) is 9.13. The number of likely N-dealkylation sites (tertiary alicyclic amines) is 1. The van der Waals surface area contributed by atoms with Crippen molar-refractivity contribution < 1.29 is 9.84 Å². The van der Waals surface area contributed by atoms with Gasteiger partial charge in [0.15, 0.2) is 0 Å². The van der Waals surface area contributed by atoms with Crippen molar-refractivity contribution in [2.75, 3.05) is 39.8 Å². The first-order valence-corrected chi connectivity index (χ1v) is 8.47. The van der Waals surface area contributed by atoms with Crippen LogP contribution in [-0.4, -0.2) is 66.9 Å². The van der Waals surface area contributed by atoms with Crippen LogP contribution in [0.5, 0.6) is 5.75 Å². The number of nitrogens with zero attached hydrogens (tertiary/aromatic N) is 2. The quantitative estimate of drug-likeness (QED) is 0.799. The fraction of sp³-hybridized carbons (Fsp3) is 0.667. The fourth-order valence-corrected chi connectivity index (χ4v) is 3.14. The van der Waals surface area contributed by atoms with Crippen molar-refractivity contribution in [3.05, 3.63) is 30.3 Å². The summed E-state index contributed by atoms with van der Waals surface area (Å²) in [6.07, 6.45) is 3.18. The van der Waals surface area contributed by atoms with Crippen LogP contribution in [0.1, 0.15) is 26.2 Å². The Morgan fingerprint density at radius 1 is 1.27 bits per heavy atom. The first-order valence-electron chi connectivity index (χ1n) is 8.47. The minimum absolute atomic E-state index is 0.350. The number of aliphatic hydroxyl groups is 1. The maximum atomic E-state index is 10.2. The van der Waals surface area contributed by atoms with E-state index >= 15 is 0 Å². The van der Waals surface area contributed by atoms with E-state index < -0.39 is 6.10 Å². The Labute approximate surface area is 134 Å². The molecule has 0 aliphatic carbocycles. The van der Waals surface area contributed by atoms with Crippen LogP contribution in [0.25, 0.3) is 0 Å². The van der Waals surface area contributed by atoms with Crippen molar-refractivity contribution in [1.29, 1.82) is 0 Å². The average molecular weight is 306 g/mol. The lowest BCUT2D eigenvalue weighted by atomic mass is 10.0. The van der Waals surface area contributed by atoms with Crippen LogP contribution in [-0.2, 0) is 0 Å². The SMILES string of the molecule is CCCN1CCC(N(C)CC(O)COc2ccccc2)CC1. The number of hydrogen-bond acceptors (Lipinski definition) is 4. The van der Waals surface area contributed by atoms with E-state index in [-0.39, 0.29) is 0 Å². The molecule has 124 valence electrons. The highest BCUT2D eigenvalue weighted by atomic mass is 16.5. The summed E-state index contributed by atoms with van der Waals surface area (Å²) >= 11 is 0. The molecule has 0 bridgehead atoms. The molecule has 1 unspecified atom stereocenters. The van der Waals surface area contributed by atoms with Crippen molar-refractivity contribution >= 4 is 0 Å². The molecule has 0 aromatic heterocycles. The van der Waals surface area contributed by atoms with Gasteiger partial charge in [-0.2, -0.15) is 0 Å². The maximum Gasteiger partial charge on any atom is 0.119 e. The molecule has 0 saturated carbocycles. The van der Waals surface area contributed by atoms with Crippen LogP contribution >= 0.6 is 0 Å². The second-order valence-electron chi connectivity index (χ2n) is 6.29. The van der Waals surface area contributed by atoms with E-state index in [0.717, 1.165) is 5.75 Å². The highest BCUT2D eigenvalue weighted by molar-refractivity contribution is 5.20. The summed E-state index contributed by atoms with van der Waals surface area (Å²) in [4.78, 5) is 4.83. The van der Waals surface area contributed by atoms with Gasteiger partial charge in [0, 0.05) is 12.6 Å². The van der Waals surface area contributed by atoms with Crippen LogP contribution < -0.4 is 4.74 Å². The van der Waals surface area contributed by atoms with Crippen molar-refractivity contribution in [1.82, 2.24) is 9.80 Å². The second-order valence-corrected chi connectivity index (χ2v) is 6.29. The summed E-state index contributed by atoms with van der Waals surface area (Å²) in [5, 5.41) is 10.2. The lowest BCUT2D eigenvalue weighted by Gasteiger charge is -2.37. The van der Waals surface area contributed by atoms with Crippen LogP contribution in [0.3, 0.4) is 0 Å². The van der Waals surface area contributed by atoms with Gasteiger partial charge in [-0.25, -0.2) is 0 Å². The Kier molecular flexibility index (Phi) is 7.16. The number of aliphatic hydroxyl groups excluding tert-OH is 1. The van der Waals surface area contributed by atoms with Crippen molar-refractivity contribution in [2.24, 2.45) is 0 Å². The Bertz CT molecular complexity index is 405. The molecular weight excluding hydrogens is 276 g/mol. The van der Waals surface area contributed by atoms with Crippen LogP contribution in [0.15, 0.2) is 30.3 Å². The van der Waals surface area contributed by atoms with Gasteiger partial charge in [-0.1, -0.05) is 25.1 Å². The number of para-hydroxylation sites is 1. The Hall–Kier alpha value is -1.10. The van der Waals surface area contributed by atoms with Gasteiger partial charge in [0.25, 0.3) is 0 Å². The Balaban J connectivity index is 1.67. The predicted octanol–water partition coefficient (Wildman–Crippen LogP) is 2.23. The fourth-order valence-electron chi connectivity index (χ4n) is 3.14. The third-order valence-electron chi connectivity index (χ3n) is 4.40. The summed E-state index contributed by atoms with van der Waals surface area (Å²) < 4.78 is 5.62. The molecule has 4 nitrogen and oxygen atoms in total. The number of rotatable bonds is 8. The van der Waals surface area contributed by atoms with E-state index in [1.165, 1.54) is 38.9 Å². The average Bonchev–Trinajstić information content (AvgIpc) is 2.55. The zero-order chi connectivity index (χ0) is 15.8. The Morgan fingerprint density at radius 2 is 1.95 bits per heavy atom. The zero-order valence-electron chi connectivity index (χ0n) is 13.9. The van der Waals surface area contributed by atoms with Gasteiger partial charge in [-0.15, -0.1) is 0 Å². The van der Waals surface area contributed by atoms with E-state index in [9.17, 15) is 5.11 Å². The van der Waals surface area contributed by atoms with Crippen LogP contribution in [0.4, 0.5) is 0 Å². The molecule has 1 aromatic rings. The van der Waals surface area contributed by atoms with E-state index in [1.54, 1.807) is 0 Å². The van der Waals surface area contributed by atoms with Crippen molar-refractivity contribution in [3.63, 3.8) is 0 Å². The van der Waals surface area contributed by atoms with Gasteiger partial charge < -0.3 is 19.6 Å². The number of ether oxygens (including phenoxy) is 1. The smallest absolute Gasteiger partial charge is 0.119 e. The van der Waals surface area contributed by atoms with Gasteiger partial charge in [0.2, 0.25) is 0 Å². The lowest BCUT2D eigenvalue weighted by molar-refractivity contribution is 0.0472. The van der Waals surface area contributed by atoms with Gasteiger partial charge in [-0.05, 0) is 58.1 Å². The molecule has 0 radical (unpaired) electrons. The molecule has 0 amide bonds. The molecule has 1 fully saturated rings. The standard InChI is InChI=1S/C18H30N2O2/c1-3-11-20-12-9-16(10-13-20)19(2)14-17(21)15-22-18-7-5-4-6-8-18/h4-8,16-17,21H,3,9-15H2,1-2H3. The van der Waals surface area contributed by atoms with Gasteiger partial charge >= 0.3 is 0 Å². The molecule has 4 heteroatoms. The minimum atomic E-state index is -0.445. The topological polar surface area (TPSA) is 35.9 Å². The maximum absolute atomic E-state index is 10.2. The zero-order valence-corrected chi connectivity index (χ0v) is 13.9. The third kappa shape index (κ3) is 5.59. The summed E-state index contributed by atoms with van der Waals surface area (Å²) in [7, 11) is 2.12. The van der Waals surface area contributed by atoms with Crippen molar-refractivity contribution in [3.8, 4) is 5.75 Å². The molecule has 1 aliphatic heterocycles. The summed E-state index contributed by atoms with van der Waals surface area (Å²) in [5.74, 6) is 0.817. The van der Waals surface area contributed by atoms with Gasteiger partial charge in [0.05, 0.1) is 0 Å². The first kappa shape index (κ1) is 17.3. The lowest BCUT2D eigenvalue weighted by Crippen LogP contribution is -2.46. The molecule has 22 heavy (non-hydrogen) atoms. The largest absolute Gasteiger partial charge is 0.491 e. The Morgan fingerprint density at radius 3 is 2.59 bits per heavy atom. The molecule has 1 saturated heterocycles. The monoisotopic (exact) mass is 306 g/mol. The minimum Gasteiger partial charge on any atom is -0.491 e. The molecule has 0 spiro atoms. The number of likely N-dealkylation sites (N-methyl/N-ethyl adjacent to an activating group) is 1. The van der Waals surface area contributed by atoms with Crippen molar-refractivity contribution in [2.45, 2.75) is 38.3 Å². The van der Waals surface area contributed by atoms with Gasteiger partial charge in [0.1, 0.15) is 18.5 Å².